The number of aryl methyl sites for hydroxylation is 1. The highest BCUT2D eigenvalue weighted by Gasteiger charge is 2.50. The van der Waals surface area contributed by atoms with Crippen molar-refractivity contribution in [2.45, 2.75) is 32.2 Å². The number of aromatic nitrogens is 4. The number of carbonyl (C=O) groups is 1. The largest absolute Gasteiger partial charge is 0.387 e. The Labute approximate surface area is 203 Å². The minimum absolute atomic E-state index is 0.306. The van der Waals surface area contributed by atoms with Crippen molar-refractivity contribution in [2.24, 2.45) is 0 Å². The average Bonchev–Trinajstić information content (AvgIpc) is 3.53. The molecule has 1 saturated carbocycles. The first-order valence-corrected chi connectivity index (χ1v) is 12.0. The topological polar surface area (TPSA) is 78.7 Å². The number of imidazole rings is 1. The second kappa shape index (κ2) is 9.22. The third-order valence-corrected chi connectivity index (χ3v) is 7.02. The molecule has 4 aromatic rings. The lowest BCUT2D eigenvalue weighted by Gasteiger charge is -2.43. The Bertz CT molecular complexity index is 1380. The van der Waals surface area contributed by atoms with Gasteiger partial charge in [-0.05, 0) is 38.4 Å². The van der Waals surface area contributed by atoms with Gasteiger partial charge in [0.05, 0.1) is 17.1 Å². The van der Waals surface area contributed by atoms with Crippen molar-refractivity contribution in [2.75, 3.05) is 43.4 Å². The van der Waals surface area contributed by atoms with Crippen molar-refractivity contribution >= 4 is 34.3 Å². The molecule has 2 aliphatic rings. The van der Waals surface area contributed by atoms with Crippen molar-refractivity contribution in [3.05, 3.63) is 60.1 Å². The molecule has 0 atom stereocenters. The number of pyridine rings is 1. The van der Waals surface area contributed by atoms with Crippen LogP contribution in [-0.2, 0) is 0 Å². The lowest BCUT2D eigenvalue weighted by Crippen LogP contribution is -2.55. The molecule has 0 bridgehead atoms. The third kappa shape index (κ3) is 4.32. The summed E-state index contributed by atoms with van der Waals surface area (Å²) >= 11 is 0. The maximum Gasteiger partial charge on any atom is 0.173 e. The molecule has 2 fully saturated rings. The molecule has 9 heteroatoms. The SMILES string of the molecule is CCN1CCN(c2ccc(C=O)c3nccnc23)CC12CC2.CNc1cc(F)c2nc(C)cn2c1. The number of carbonyl (C=O) groups excluding carboxylic acids is 1. The molecule has 0 radical (unpaired) electrons. The summed E-state index contributed by atoms with van der Waals surface area (Å²) in [5, 5.41) is 2.88. The number of rotatable bonds is 4. The minimum Gasteiger partial charge on any atom is -0.387 e. The lowest BCUT2D eigenvalue weighted by atomic mass is 10.1. The molecule has 0 amide bonds. The number of fused-ring (bicyclic) bond motifs is 2. The van der Waals surface area contributed by atoms with Gasteiger partial charge in [0.15, 0.2) is 17.8 Å². The van der Waals surface area contributed by atoms with Gasteiger partial charge < -0.3 is 14.6 Å². The van der Waals surface area contributed by atoms with Gasteiger partial charge >= 0.3 is 0 Å². The van der Waals surface area contributed by atoms with Crippen LogP contribution in [0.25, 0.3) is 16.7 Å². The molecule has 3 aromatic heterocycles. The van der Waals surface area contributed by atoms with Gasteiger partial charge in [-0.2, -0.15) is 0 Å². The first kappa shape index (κ1) is 23.2. The summed E-state index contributed by atoms with van der Waals surface area (Å²) in [5.41, 5.74) is 5.55. The van der Waals surface area contributed by atoms with E-state index in [2.05, 4.69) is 37.0 Å². The van der Waals surface area contributed by atoms with Crippen molar-refractivity contribution in [1.29, 1.82) is 0 Å². The van der Waals surface area contributed by atoms with Gasteiger partial charge in [-0.1, -0.05) is 6.92 Å². The highest BCUT2D eigenvalue weighted by Crippen LogP contribution is 2.45. The summed E-state index contributed by atoms with van der Waals surface area (Å²) in [6.07, 6.45) is 10.4. The number of hydrogen-bond donors (Lipinski definition) is 1. The van der Waals surface area contributed by atoms with Crippen LogP contribution in [-0.4, -0.2) is 69.3 Å². The minimum atomic E-state index is -0.306. The summed E-state index contributed by atoms with van der Waals surface area (Å²) in [4.78, 5) is 29.1. The monoisotopic (exact) mass is 475 g/mol. The molecule has 1 saturated heterocycles. The lowest BCUT2D eigenvalue weighted by molar-refractivity contribution is 0.112. The molecule has 1 aromatic carbocycles. The Morgan fingerprint density at radius 3 is 2.60 bits per heavy atom. The standard InChI is InChI=1S/C17H20N4O.C9H10FN3/c1-2-21-10-9-20(12-17(21)5-6-17)14-4-3-13(11-22)15-16(14)19-8-7-18-15;1-6-4-13-5-7(11-2)3-8(10)9(13)12-6/h3-4,7-8,11H,2,5-6,9-10,12H2,1H3;3-5,11H,1-2H3. The van der Waals surface area contributed by atoms with Crippen molar-refractivity contribution < 1.29 is 9.18 Å². The summed E-state index contributed by atoms with van der Waals surface area (Å²) in [6.45, 7) is 8.35. The van der Waals surface area contributed by atoms with Gasteiger partial charge in [0.25, 0.3) is 0 Å². The molecular weight excluding hydrogens is 445 g/mol. The van der Waals surface area contributed by atoms with E-state index in [-0.39, 0.29) is 5.82 Å². The molecule has 1 aliphatic carbocycles. The van der Waals surface area contributed by atoms with Crippen LogP contribution in [0.3, 0.4) is 0 Å². The molecule has 4 heterocycles. The van der Waals surface area contributed by atoms with Gasteiger partial charge in [0.1, 0.15) is 11.0 Å². The predicted octanol–water partition coefficient (Wildman–Crippen LogP) is 3.94. The Kier molecular flexibility index (Phi) is 6.10. The first-order chi connectivity index (χ1) is 17.0. The van der Waals surface area contributed by atoms with E-state index in [0.29, 0.717) is 22.3 Å². The highest BCUT2D eigenvalue weighted by molar-refractivity contribution is 5.99. The molecule has 35 heavy (non-hydrogen) atoms. The van der Waals surface area contributed by atoms with Crippen LogP contribution in [0.4, 0.5) is 15.8 Å². The van der Waals surface area contributed by atoms with E-state index in [9.17, 15) is 9.18 Å². The number of halogens is 1. The maximum absolute atomic E-state index is 13.3. The number of aldehydes is 1. The zero-order valence-electron chi connectivity index (χ0n) is 20.3. The molecule has 0 unspecified atom stereocenters. The Morgan fingerprint density at radius 2 is 1.91 bits per heavy atom. The fraction of sp³-hybridized carbons (Fsp3) is 0.385. The number of likely N-dealkylation sites (N-methyl/N-ethyl adjacent to an activating group) is 1. The molecule has 6 rings (SSSR count). The third-order valence-electron chi connectivity index (χ3n) is 7.02. The number of nitrogens with zero attached hydrogens (tertiary/aromatic N) is 6. The quantitative estimate of drug-likeness (QED) is 0.448. The molecular formula is C26H30FN7O. The van der Waals surface area contributed by atoms with E-state index in [4.69, 9.17) is 0 Å². The van der Waals surface area contributed by atoms with Crippen LogP contribution in [0.2, 0.25) is 0 Å². The number of nitrogens with one attached hydrogen (secondary N) is 1. The summed E-state index contributed by atoms with van der Waals surface area (Å²) in [6, 6.07) is 5.32. The first-order valence-electron chi connectivity index (χ1n) is 12.0. The smallest absolute Gasteiger partial charge is 0.173 e. The molecule has 1 aliphatic heterocycles. The normalized spacial score (nSPS) is 16.9. The second-order valence-corrected chi connectivity index (χ2v) is 9.21. The molecule has 8 nitrogen and oxygen atoms in total. The van der Waals surface area contributed by atoms with Gasteiger partial charge in [0.2, 0.25) is 0 Å². The van der Waals surface area contributed by atoms with Gasteiger partial charge in [-0.25, -0.2) is 9.37 Å². The van der Waals surface area contributed by atoms with Crippen LogP contribution in [0, 0.1) is 12.7 Å². The second-order valence-electron chi connectivity index (χ2n) is 9.21. The zero-order chi connectivity index (χ0) is 24.6. The summed E-state index contributed by atoms with van der Waals surface area (Å²) in [5.74, 6) is -0.306. The zero-order valence-corrected chi connectivity index (χ0v) is 20.3. The van der Waals surface area contributed by atoms with Crippen molar-refractivity contribution in [3.63, 3.8) is 0 Å². The highest BCUT2D eigenvalue weighted by atomic mass is 19.1. The van der Waals surface area contributed by atoms with E-state index in [1.165, 1.54) is 18.9 Å². The summed E-state index contributed by atoms with van der Waals surface area (Å²) < 4.78 is 15.0. The Balaban J connectivity index is 0.000000166. The Morgan fingerprint density at radius 1 is 1.14 bits per heavy atom. The van der Waals surface area contributed by atoms with Gasteiger partial charge in [-0.15, -0.1) is 0 Å². The average molecular weight is 476 g/mol. The molecule has 182 valence electrons. The van der Waals surface area contributed by atoms with Gasteiger partial charge in [-0.3, -0.25) is 19.7 Å². The maximum atomic E-state index is 13.3. The van der Waals surface area contributed by atoms with Crippen LogP contribution >= 0.6 is 0 Å². The van der Waals surface area contributed by atoms with Crippen molar-refractivity contribution in [1.82, 2.24) is 24.3 Å². The van der Waals surface area contributed by atoms with Crippen LogP contribution in [0.1, 0.15) is 35.8 Å². The molecule has 1 spiro atoms. The van der Waals surface area contributed by atoms with E-state index < -0.39 is 0 Å². The van der Waals surface area contributed by atoms with Crippen LogP contribution < -0.4 is 10.2 Å². The fourth-order valence-electron chi connectivity index (χ4n) is 5.06. The van der Waals surface area contributed by atoms with Crippen molar-refractivity contribution in [3.8, 4) is 0 Å². The summed E-state index contributed by atoms with van der Waals surface area (Å²) in [7, 11) is 1.75. The fourth-order valence-corrected chi connectivity index (χ4v) is 5.06. The van der Waals surface area contributed by atoms with E-state index in [1.807, 2.05) is 19.1 Å². The van der Waals surface area contributed by atoms with E-state index in [0.717, 1.165) is 55.1 Å². The van der Waals surface area contributed by atoms with Crippen LogP contribution in [0.5, 0.6) is 0 Å². The number of benzene rings is 1. The van der Waals surface area contributed by atoms with E-state index in [1.54, 1.807) is 36.2 Å². The Hall–Kier alpha value is -3.59. The van der Waals surface area contributed by atoms with Gasteiger partial charge in [0, 0.05) is 68.6 Å². The van der Waals surface area contributed by atoms with E-state index >= 15 is 0 Å². The van der Waals surface area contributed by atoms with Crippen LogP contribution in [0.15, 0.2) is 43.0 Å². The predicted molar refractivity (Wildman–Crippen MR) is 136 cm³/mol. The number of anilines is 2. The number of piperazine rings is 1. The molecule has 1 N–H and O–H groups in total. The number of hydrogen-bond acceptors (Lipinski definition) is 7.